The third-order valence-corrected chi connectivity index (χ3v) is 3.05. The van der Waals surface area contributed by atoms with Crippen molar-refractivity contribution in [2.24, 2.45) is 11.7 Å². The number of hydrogen-bond acceptors (Lipinski definition) is 3. The van der Waals surface area contributed by atoms with Crippen LogP contribution < -0.4 is 16.4 Å². The summed E-state index contributed by atoms with van der Waals surface area (Å²) in [7, 11) is 0. The minimum Gasteiger partial charge on any atom is -0.354 e. The zero-order valence-electron chi connectivity index (χ0n) is 11.8. The lowest BCUT2D eigenvalue weighted by molar-refractivity contribution is -0.123. The molecule has 1 atom stereocenters. The summed E-state index contributed by atoms with van der Waals surface area (Å²) in [5.41, 5.74) is 5.61. The van der Waals surface area contributed by atoms with Gasteiger partial charge >= 0.3 is 0 Å². The summed E-state index contributed by atoms with van der Waals surface area (Å²) in [6.45, 7) is 4.35. The number of rotatable bonds is 8. The number of hydrogen-bond donors (Lipinski definition) is 3. The first-order valence-corrected chi connectivity index (χ1v) is 6.81. The van der Waals surface area contributed by atoms with Gasteiger partial charge in [0.05, 0.1) is 0 Å². The van der Waals surface area contributed by atoms with Crippen molar-refractivity contribution < 1.29 is 9.59 Å². The van der Waals surface area contributed by atoms with Crippen LogP contribution in [0, 0.1) is 5.92 Å². The molecule has 0 aromatic heterocycles. The van der Waals surface area contributed by atoms with Crippen LogP contribution in [-0.2, 0) is 9.59 Å². The van der Waals surface area contributed by atoms with Crippen LogP contribution in [0.25, 0.3) is 0 Å². The van der Waals surface area contributed by atoms with Crippen molar-refractivity contribution in [1.29, 1.82) is 0 Å². The lowest BCUT2D eigenvalue weighted by Gasteiger charge is -2.15. The van der Waals surface area contributed by atoms with Gasteiger partial charge in [-0.2, -0.15) is 0 Å². The Kier molecular flexibility index (Phi) is 8.76. The van der Waals surface area contributed by atoms with Gasteiger partial charge in [0.15, 0.2) is 0 Å². The molecule has 0 heterocycles. The number of nitrogens with one attached hydrogen (secondary N) is 2. The molecule has 19 heavy (non-hydrogen) atoms. The van der Waals surface area contributed by atoms with Crippen LogP contribution in [0.15, 0.2) is 0 Å². The summed E-state index contributed by atoms with van der Waals surface area (Å²) in [5.74, 6) is 0.591. The maximum atomic E-state index is 11.6. The van der Waals surface area contributed by atoms with E-state index in [0.717, 1.165) is 0 Å². The van der Waals surface area contributed by atoms with Crippen LogP contribution >= 0.6 is 12.4 Å². The maximum Gasteiger partial charge on any atom is 0.220 e. The average Bonchev–Trinajstić information content (AvgIpc) is 3.08. The third kappa shape index (κ3) is 8.06. The van der Waals surface area contributed by atoms with Gasteiger partial charge in [0.25, 0.3) is 0 Å². The Morgan fingerprint density at radius 3 is 2.11 bits per heavy atom. The Morgan fingerprint density at radius 1 is 1.16 bits per heavy atom. The van der Waals surface area contributed by atoms with E-state index in [4.69, 9.17) is 5.73 Å². The van der Waals surface area contributed by atoms with Gasteiger partial charge in [-0.05, 0) is 39.0 Å². The molecule has 0 saturated heterocycles. The van der Waals surface area contributed by atoms with Gasteiger partial charge in [-0.15, -0.1) is 12.4 Å². The molecule has 1 unspecified atom stereocenters. The summed E-state index contributed by atoms with van der Waals surface area (Å²) in [5, 5.41) is 5.75. The van der Waals surface area contributed by atoms with Crippen molar-refractivity contribution in [2.75, 3.05) is 6.54 Å². The Labute approximate surface area is 121 Å². The van der Waals surface area contributed by atoms with E-state index in [9.17, 15) is 9.59 Å². The van der Waals surface area contributed by atoms with E-state index in [0.29, 0.717) is 31.7 Å². The van der Waals surface area contributed by atoms with Gasteiger partial charge in [0.2, 0.25) is 11.8 Å². The predicted molar refractivity (Wildman–Crippen MR) is 78.1 cm³/mol. The molecule has 0 bridgehead atoms. The summed E-state index contributed by atoms with van der Waals surface area (Å²) in [4.78, 5) is 23.0. The van der Waals surface area contributed by atoms with Crippen LogP contribution in [0.2, 0.25) is 0 Å². The minimum atomic E-state index is 0. The summed E-state index contributed by atoms with van der Waals surface area (Å²) < 4.78 is 0. The van der Waals surface area contributed by atoms with Crippen LogP contribution in [0.1, 0.15) is 46.0 Å². The molecule has 0 radical (unpaired) electrons. The van der Waals surface area contributed by atoms with Gasteiger partial charge < -0.3 is 16.4 Å². The maximum absolute atomic E-state index is 11.6. The summed E-state index contributed by atoms with van der Waals surface area (Å²) in [6, 6.07) is 0.282. The molecule has 1 aliphatic carbocycles. The normalized spacial score (nSPS) is 15.6. The molecule has 6 heteroatoms. The Balaban J connectivity index is 0.00000324. The van der Waals surface area contributed by atoms with E-state index in [1.807, 2.05) is 13.8 Å². The van der Waals surface area contributed by atoms with E-state index in [1.165, 1.54) is 12.8 Å². The molecule has 2 amide bonds. The molecular formula is C13H26ClN3O2. The minimum absolute atomic E-state index is 0. The predicted octanol–water partition coefficient (Wildman–Crippen LogP) is 0.957. The summed E-state index contributed by atoms with van der Waals surface area (Å²) in [6.07, 6.45) is 3.72. The molecule has 0 aromatic carbocycles. The van der Waals surface area contributed by atoms with Gasteiger partial charge in [0, 0.05) is 31.5 Å². The molecule has 1 aliphatic rings. The fourth-order valence-corrected chi connectivity index (χ4v) is 1.95. The quantitative estimate of drug-likeness (QED) is 0.623. The van der Waals surface area contributed by atoms with Crippen molar-refractivity contribution in [1.82, 2.24) is 10.6 Å². The molecular weight excluding hydrogens is 266 g/mol. The highest BCUT2D eigenvalue weighted by molar-refractivity contribution is 5.85. The van der Waals surface area contributed by atoms with Gasteiger partial charge in [-0.1, -0.05) is 0 Å². The Hall–Kier alpha value is -0.810. The highest BCUT2D eigenvalue weighted by atomic mass is 35.5. The number of carbonyl (C=O) groups is 2. The van der Waals surface area contributed by atoms with E-state index in [-0.39, 0.29) is 36.3 Å². The molecule has 4 N–H and O–H groups in total. The second-order valence-corrected chi connectivity index (χ2v) is 5.32. The second-order valence-electron chi connectivity index (χ2n) is 5.32. The average molecular weight is 292 g/mol. The molecule has 0 aromatic rings. The zero-order valence-corrected chi connectivity index (χ0v) is 12.6. The SMILES string of the molecule is CC(C)NC(=O)CCCC(=O)NC(CN)C1CC1.Cl. The molecule has 1 saturated carbocycles. The summed E-state index contributed by atoms with van der Waals surface area (Å²) >= 11 is 0. The standard InChI is InChI=1S/C13H25N3O2.ClH/c1-9(2)15-12(17)4-3-5-13(18)16-11(8-14)10-6-7-10;/h9-11H,3-8,14H2,1-2H3,(H,15,17)(H,16,18);1H. The molecule has 0 spiro atoms. The van der Waals surface area contributed by atoms with Crippen molar-refractivity contribution in [3.8, 4) is 0 Å². The molecule has 1 rings (SSSR count). The highest BCUT2D eigenvalue weighted by Gasteiger charge is 2.30. The van der Waals surface area contributed by atoms with Crippen molar-refractivity contribution in [3.05, 3.63) is 0 Å². The van der Waals surface area contributed by atoms with Crippen molar-refractivity contribution in [2.45, 2.75) is 58.0 Å². The van der Waals surface area contributed by atoms with E-state index in [1.54, 1.807) is 0 Å². The van der Waals surface area contributed by atoms with E-state index in [2.05, 4.69) is 10.6 Å². The molecule has 1 fully saturated rings. The van der Waals surface area contributed by atoms with Gasteiger partial charge in [-0.3, -0.25) is 9.59 Å². The van der Waals surface area contributed by atoms with E-state index < -0.39 is 0 Å². The zero-order chi connectivity index (χ0) is 13.5. The topological polar surface area (TPSA) is 84.2 Å². The van der Waals surface area contributed by atoms with Crippen LogP contribution in [0.5, 0.6) is 0 Å². The first kappa shape index (κ1) is 18.2. The number of nitrogens with two attached hydrogens (primary N) is 1. The first-order chi connectivity index (χ1) is 8.52. The second kappa shape index (κ2) is 9.15. The van der Waals surface area contributed by atoms with Gasteiger partial charge in [0.1, 0.15) is 0 Å². The van der Waals surface area contributed by atoms with Crippen LogP contribution in [0.3, 0.4) is 0 Å². The largest absolute Gasteiger partial charge is 0.354 e. The lowest BCUT2D eigenvalue weighted by atomic mass is 10.1. The van der Waals surface area contributed by atoms with Crippen LogP contribution in [0.4, 0.5) is 0 Å². The smallest absolute Gasteiger partial charge is 0.220 e. The van der Waals surface area contributed by atoms with Crippen molar-refractivity contribution in [3.63, 3.8) is 0 Å². The fourth-order valence-electron chi connectivity index (χ4n) is 1.95. The van der Waals surface area contributed by atoms with Gasteiger partial charge in [-0.25, -0.2) is 0 Å². The Morgan fingerprint density at radius 2 is 1.68 bits per heavy atom. The van der Waals surface area contributed by atoms with Crippen LogP contribution in [-0.4, -0.2) is 30.4 Å². The molecule has 0 aliphatic heterocycles. The monoisotopic (exact) mass is 291 g/mol. The first-order valence-electron chi connectivity index (χ1n) is 6.81. The highest BCUT2D eigenvalue weighted by Crippen LogP contribution is 2.32. The molecule has 5 nitrogen and oxygen atoms in total. The number of halogens is 1. The lowest BCUT2D eigenvalue weighted by Crippen LogP contribution is -2.41. The number of amides is 2. The van der Waals surface area contributed by atoms with Crippen molar-refractivity contribution >= 4 is 24.2 Å². The number of carbonyl (C=O) groups excluding carboxylic acids is 2. The fraction of sp³-hybridized carbons (Fsp3) is 0.846. The van der Waals surface area contributed by atoms with E-state index >= 15 is 0 Å². The third-order valence-electron chi connectivity index (χ3n) is 3.05. The Bertz CT molecular complexity index is 294. The molecule has 112 valence electrons.